The summed E-state index contributed by atoms with van der Waals surface area (Å²) in [5, 5.41) is 0. The van der Waals surface area contributed by atoms with E-state index in [9.17, 15) is 0 Å². The molecule has 0 amide bonds. The highest BCUT2D eigenvalue weighted by molar-refractivity contribution is 5.27. The topological polar surface area (TPSA) is 3.24 Å². The maximum absolute atomic E-state index is 2.65. The molecule has 2 atom stereocenters. The van der Waals surface area contributed by atoms with Crippen molar-refractivity contribution >= 4 is 0 Å². The molecule has 17 heavy (non-hydrogen) atoms. The van der Waals surface area contributed by atoms with Gasteiger partial charge >= 0.3 is 0 Å². The Morgan fingerprint density at radius 2 is 1.82 bits per heavy atom. The standard InChI is InChI=1S/C16H23N/c1-17-13-7-11-15-10-5-6-12-16(15,17)14-8-3-2-4-9-14/h2-4,8-9,15H,5-7,10-13H2,1H3. The van der Waals surface area contributed by atoms with Gasteiger partial charge in [0.25, 0.3) is 0 Å². The van der Waals surface area contributed by atoms with E-state index in [2.05, 4.69) is 42.3 Å². The summed E-state index contributed by atoms with van der Waals surface area (Å²) in [6, 6.07) is 11.2. The highest BCUT2D eigenvalue weighted by Crippen LogP contribution is 2.49. The summed E-state index contributed by atoms with van der Waals surface area (Å²) in [5.74, 6) is 0.886. The largest absolute Gasteiger partial charge is 0.296 e. The number of hydrogen-bond donors (Lipinski definition) is 0. The Kier molecular flexibility index (Phi) is 2.96. The van der Waals surface area contributed by atoms with E-state index in [-0.39, 0.29) is 0 Å². The van der Waals surface area contributed by atoms with Crippen LogP contribution in [-0.2, 0) is 5.54 Å². The van der Waals surface area contributed by atoms with Crippen molar-refractivity contribution in [1.82, 2.24) is 4.90 Å². The maximum atomic E-state index is 2.65. The van der Waals surface area contributed by atoms with Crippen LogP contribution in [0.15, 0.2) is 30.3 Å². The fraction of sp³-hybridized carbons (Fsp3) is 0.625. The van der Waals surface area contributed by atoms with Gasteiger partial charge < -0.3 is 0 Å². The molecule has 0 radical (unpaired) electrons. The first kappa shape index (κ1) is 11.3. The first-order valence-electron chi connectivity index (χ1n) is 7.11. The molecular weight excluding hydrogens is 206 g/mol. The maximum Gasteiger partial charge on any atom is 0.0485 e. The van der Waals surface area contributed by atoms with Crippen LogP contribution in [0.25, 0.3) is 0 Å². The third-order valence-corrected chi connectivity index (χ3v) is 5.04. The molecule has 0 bridgehead atoms. The van der Waals surface area contributed by atoms with Crippen molar-refractivity contribution in [3.63, 3.8) is 0 Å². The summed E-state index contributed by atoms with van der Waals surface area (Å²) >= 11 is 0. The van der Waals surface area contributed by atoms with E-state index in [0.29, 0.717) is 5.54 Å². The van der Waals surface area contributed by atoms with E-state index in [4.69, 9.17) is 0 Å². The quantitative estimate of drug-likeness (QED) is 0.708. The first-order chi connectivity index (χ1) is 8.34. The van der Waals surface area contributed by atoms with Crippen LogP contribution in [0.3, 0.4) is 0 Å². The van der Waals surface area contributed by atoms with Crippen LogP contribution in [0.5, 0.6) is 0 Å². The zero-order chi connectivity index (χ0) is 11.7. The molecule has 1 aromatic carbocycles. The predicted octanol–water partition coefficient (Wildman–Crippen LogP) is 3.80. The normalized spacial score (nSPS) is 34.3. The fourth-order valence-corrected chi connectivity index (χ4v) is 4.22. The van der Waals surface area contributed by atoms with Crippen molar-refractivity contribution in [1.29, 1.82) is 0 Å². The average Bonchev–Trinajstić information content (AvgIpc) is 2.40. The first-order valence-corrected chi connectivity index (χ1v) is 7.11. The summed E-state index contributed by atoms with van der Waals surface area (Å²) in [6.07, 6.45) is 8.44. The van der Waals surface area contributed by atoms with E-state index in [1.807, 2.05) is 0 Å². The van der Waals surface area contributed by atoms with Crippen molar-refractivity contribution in [2.24, 2.45) is 5.92 Å². The summed E-state index contributed by atoms with van der Waals surface area (Å²) < 4.78 is 0. The van der Waals surface area contributed by atoms with Gasteiger partial charge in [-0.25, -0.2) is 0 Å². The molecule has 1 aliphatic heterocycles. The molecule has 1 saturated heterocycles. The molecule has 2 unspecified atom stereocenters. The molecule has 1 heteroatoms. The summed E-state index contributed by atoms with van der Waals surface area (Å²) in [5.41, 5.74) is 1.92. The lowest BCUT2D eigenvalue weighted by Gasteiger charge is -2.54. The Morgan fingerprint density at radius 3 is 2.65 bits per heavy atom. The van der Waals surface area contributed by atoms with E-state index in [1.165, 1.54) is 45.1 Å². The molecule has 2 fully saturated rings. The molecule has 2 aliphatic rings. The summed E-state index contributed by atoms with van der Waals surface area (Å²) in [4.78, 5) is 2.65. The Bertz CT molecular complexity index is 370. The van der Waals surface area contributed by atoms with Crippen LogP contribution >= 0.6 is 0 Å². The number of benzene rings is 1. The smallest absolute Gasteiger partial charge is 0.0485 e. The van der Waals surface area contributed by atoms with Crippen LogP contribution in [0.4, 0.5) is 0 Å². The number of fused-ring (bicyclic) bond motifs is 1. The monoisotopic (exact) mass is 229 g/mol. The van der Waals surface area contributed by atoms with Gasteiger partial charge in [-0.05, 0) is 50.8 Å². The van der Waals surface area contributed by atoms with Crippen molar-refractivity contribution in [3.8, 4) is 0 Å². The lowest BCUT2D eigenvalue weighted by atomic mass is 9.64. The molecular formula is C16H23N. The van der Waals surface area contributed by atoms with Gasteiger partial charge in [0.1, 0.15) is 0 Å². The number of rotatable bonds is 1. The SMILES string of the molecule is CN1CCCC2CCCCC21c1ccccc1. The van der Waals surface area contributed by atoms with Crippen molar-refractivity contribution in [2.45, 2.75) is 44.1 Å². The van der Waals surface area contributed by atoms with Crippen molar-refractivity contribution < 1.29 is 0 Å². The van der Waals surface area contributed by atoms with Gasteiger partial charge in [-0.15, -0.1) is 0 Å². The third-order valence-electron chi connectivity index (χ3n) is 5.04. The highest BCUT2D eigenvalue weighted by Gasteiger charge is 2.46. The molecule has 1 nitrogen and oxygen atoms in total. The van der Waals surface area contributed by atoms with Crippen LogP contribution < -0.4 is 0 Å². The zero-order valence-electron chi connectivity index (χ0n) is 10.9. The molecule has 3 rings (SSSR count). The second-order valence-electron chi connectivity index (χ2n) is 5.80. The van der Waals surface area contributed by atoms with Gasteiger partial charge in [0.2, 0.25) is 0 Å². The van der Waals surface area contributed by atoms with Gasteiger partial charge in [-0.3, -0.25) is 4.90 Å². The minimum Gasteiger partial charge on any atom is -0.296 e. The Hall–Kier alpha value is -0.820. The minimum atomic E-state index is 0.359. The van der Waals surface area contributed by atoms with Crippen LogP contribution in [0, 0.1) is 5.92 Å². The van der Waals surface area contributed by atoms with Crippen molar-refractivity contribution in [2.75, 3.05) is 13.6 Å². The van der Waals surface area contributed by atoms with Crippen molar-refractivity contribution in [3.05, 3.63) is 35.9 Å². The zero-order valence-corrected chi connectivity index (χ0v) is 10.9. The van der Waals surface area contributed by atoms with Gasteiger partial charge in [-0.2, -0.15) is 0 Å². The van der Waals surface area contributed by atoms with E-state index < -0.39 is 0 Å². The molecule has 1 heterocycles. The molecule has 1 saturated carbocycles. The molecule has 0 N–H and O–H groups in total. The molecule has 92 valence electrons. The van der Waals surface area contributed by atoms with E-state index in [1.54, 1.807) is 5.56 Å². The third kappa shape index (κ3) is 1.72. The Labute approximate surface area is 105 Å². The number of hydrogen-bond acceptors (Lipinski definition) is 1. The Balaban J connectivity index is 2.04. The second-order valence-corrected chi connectivity index (χ2v) is 5.80. The highest BCUT2D eigenvalue weighted by atomic mass is 15.2. The van der Waals surface area contributed by atoms with Gasteiger partial charge in [0, 0.05) is 5.54 Å². The van der Waals surface area contributed by atoms with Gasteiger partial charge in [0.15, 0.2) is 0 Å². The Morgan fingerprint density at radius 1 is 1.06 bits per heavy atom. The van der Waals surface area contributed by atoms with Gasteiger partial charge in [-0.1, -0.05) is 43.2 Å². The van der Waals surface area contributed by atoms with E-state index in [0.717, 1.165) is 5.92 Å². The average molecular weight is 229 g/mol. The lowest BCUT2D eigenvalue weighted by Crippen LogP contribution is -2.54. The molecule has 1 aliphatic carbocycles. The lowest BCUT2D eigenvalue weighted by molar-refractivity contribution is -0.0213. The van der Waals surface area contributed by atoms with Crippen LogP contribution in [-0.4, -0.2) is 18.5 Å². The minimum absolute atomic E-state index is 0.359. The van der Waals surface area contributed by atoms with Gasteiger partial charge in [0.05, 0.1) is 0 Å². The van der Waals surface area contributed by atoms with Crippen LogP contribution in [0.1, 0.15) is 44.1 Å². The summed E-state index contributed by atoms with van der Waals surface area (Å²) in [6.45, 7) is 1.27. The number of nitrogens with zero attached hydrogens (tertiary/aromatic N) is 1. The van der Waals surface area contributed by atoms with E-state index >= 15 is 0 Å². The summed E-state index contributed by atoms with van der Waals surface area (Å²) in [7, 11) is 2.34. The molecule has 0 aromatic heterocycles. The molecule has 1 aromatic rings. The molecule has 0 spiro atoms. The fourth-order valence-electron chi connectivity index (χ4n) is 4.22. The van der Waals surface area contributed by atoms with Crippen LogP contribution in [0.2, 0.25) is 0 Å². The second kappa shape index (κ2) is 4.45. The number of likely N-dealkylation sites (tertiary alicyclic amines) is 1. The number of piperidine rings is 1. The predicted molar refractivity (Wildman–Crippen MR) is 71.9 cm³/mol.